The molecule has 2 aliphatic rings. The van der Waals surface area contributed by atoms with Crippen LogP contribution in [-0.2, 0) is 9.59 Å². The third kappa shape index (κ3) is 7.37. The third-order valence-electron chi connectivity index (χ3n) is 12.9. The van der Waals surface area contributed by atoms with Crippen LogP contribution in [0.3, 0.4) is 0 Å². The number of benzene rings is 4. The van der Waals surface area contributed by atoms with Crippen LogP contribution in [0.1, 0.15) is 98.2 Å². The lowest BCUT2D eigenvalue weighted by atomic mass is 9.90. The number of carbonyl (C=O) groups excluding carboxylic acids is 2. The van der Waals surface area contributed by atoms with Crippen molar-refractivity contribution >= 4 is 57.9 Å². The molecular weight excluding hydrogens is 785 g/mol. The van der Waals surface area contributed by atoms with Crippen molar-refractivity contribution in [1.82, 2.24) is 19.9 Å². The maximum atomic E-state index is 12.6. The first kappa shape index (κ1) is 42.1. The molecule has 0 fully saturated rings. The van der Waals surface area contributed by atoms with Gasteiger partial charge in [0.2, 0.25) is 0 Å². The summed E-state index contributed by atoms with van der Waals surface area (Å²) in [4.78, 5) is 44.3. The molecule has 7 aromatic rings. The predicted octanol–water partition coefficient (Wildman–Crippen LogP) is 14.4. The maximum absolute atomic E-state index is 12.6. The molecule has 0 radical (unpaired) electrons. The minimum atomic E-state index is -0.808. The molecule has 0 saturated heterocycles. The summed E-state index contributed by atoms with van der Waals surface area (Å²) in [5, 5.41) is 0. The van der Waals surface area contributed by atoms with Gasteiger partial charge in [0, 0.05) is 44.3 Å². The average molecular weight is 839 g/mol. The van der Waals surface area contributed by atoms with Gasteiger partial charge in [-0.1, -0.05) is 77.4 Å². The van der Waals surface area contributed by atoms with E-state index in [1.54, 1.807) is 0 Å². The van der Waals surface area contributed by atoms with Crippen LogP contribution in [0.4, 0.5) is 0 Å². The summed E-state index contributed by atoms with van der Waals surface area (Å²) in [6.45, 7) is 22.5. The molecule has 6 heteroatoms. The predicted molar refractivity (Wildman–Crippen MR) is 267 cm³/mol. The number of carbonyl (C=O) groups is 2. The molecule has 0 saturated carbocycles. The number of Topliss-reactive ketones (excluding diaryl/α,β-unsaturated/α-hetero) is 2. The Morgan fingerprint density at radius 1 is 0.391 bits per heavy atom. The highest BCUT2D eigenvalue weighted by Crippen LogP contribution is 2.42. The van der Waals surface area contributed by atoms with Crippen LogP contribution in [0.5, 0.6) is 0 Å². The van der Waals surface area contributed by atoms with E-state index in [9.17, 15) is 9.59 Å². The van der Waals surface area contributed by atoms with E-state index in [-0.39, 0.29) is 11.6 Å². The van der Waals surface area contributed by atoms with Crippen molar-refractivity contribution in [2.24, 2.45) is 0 Å². The van der Waals surface area contributed by atoms with Crippen LogP contribution in [0.2, 0.25) is 0 Å². The Bertz CT molecular complexity index is 3230. The number of aryl methyl sites for hydroxylation is 9. The van der Waals surface area contributed by atoms with Gasteiger partial charge in [0.1, 0.15) is 17.5 Å². The fourth-order valence-corrected chi connectivity index (χ4v) is 10.6. The number of nitrogens with zero attached hydrogens (tertiary/aromatic N) is 2. The second-order valence-electron chi connectivity index (χ2n) is 18.1. The quantitative estimate of drug-likeness (QED) is 0.156. The van der Waals surface area contributed by atoms with E-state index in [2.05, 4.69) is 157 Å². The van der Waals surface area contributed by atoms with Gasteiger partial charge in [-0.05, 0) is 186 Å². The Morgan fingerprint density at radius 3 is 0.969 bits per heavy atom. The molecule has 0 aliphatic carbocycles. The highest BCUT2D eigenvalue weighted by molar-refractivity contribution is 6.06. The number of rotatable bonds is 7. The van der Waals surface area contributed by atoms with Crippen molar-refractivity contribution in [2.75, 3.05) is 0 Å². The number of hydrogen-bond donors (Lipinski definition) is 2. The zero-order valence-electron chi connectivity index (χ0n) is 38.7. The van der Waals surface area contributed by atoms with Gasteiger partial charge < -0.3 is 9.97 Å². The molecule has 3 aromatic heterocycles. The molecule has 4 aromatic carbocycles. The van der Waals surface area contributed by atoms with E-state index in [4.69, 9.17) is 9.97 Å². The summed E-state index contributed by atoms with van der Waals surface area (Å²) in [5.41, 5.74) is 26.8. The van der Waals surface area contributed by atoms with Crippen LogP contribution < -0.4 is 0 Å². The van der Waals surface area contributed by atoms with Crippen molar-refractivity contribution in [3.05, 3.63) is 163 Å². The molecule has 5 heterocycles. The van der Waals surface area contributed by atoms with E-state index in [1.807, 2.05) is 24.3 Å². The van der Waals surface area contributed by atoms with Crippen LogP contribution in [0, 0.1) is 62.3 Å². The number of nitrogens with one attached hydrogen (secondary N) is 2. The van der Waals surface area contributed by atoms with Crippen LogP contribution in [-0.4, -0.2) is 31.5 Å². The van der Waals surface area contributed by atoms with Crippen LogP contribution >= 0.6 is 0 Å². The molecule has 6 nitrogen and oxygen atoms in total. The molecule has 0 spiro atoms. The molecule has 0 unspecified atom stereocenters. The first-order valence-corrected chi connectivity index (χ1v) is 22.1. The Labute approximate surface area is 375 Å². The molecule has 9 rings (SSSR count). The summed E-state index contributed by atoms with van der Waals surface area (Å²) in [6, 6.07) is 30.0. The molecular formula is C58H54N4O2. The van der Waals surface area contributed by atoms with Crippen LogP contribution in [0.15, 0.2) is 84.9 Å². The largest absolute Gasteiger partial charge is 0.354 e. The Balaban J connectivity index is 1.48. The third-order valence-corrected chi connectivity index (χ3v) is 12.9. The monoisotopic (exact) mass is 838 g/mol. The second-order valence-corrected chi connectivity index (χ2v) is 18.1. The summed E-state index contributed by atoms with van der Waals surface area (Å²) >= 11 is 0. The van der Waals surface area contributed by atoms with Gasteiger partial charge in [0.15, 0.2) is 0 Å². The van der Waals surface area contributed by atoms with Gasteiger partial charge in [0.05, 0.1) is 22.8 Å². The highest BCUT2D eigenvalue weighted by Gasteiger charge is 2.24. The maximum Gasteiger partial charge on any atom is 0.144 e. The first-order chi connectivity index (χ1) is 30.6. The lowest BCUT2D eigenvalue weighted by Gasteiger charge is -2.14. The molecule has 0 amide bonds. The normalized spacial score (nSPS) is 12.1. The Kier molecular flexibility index (Phi) is 10.7. The Morgan fingerprint density at radius 2 is 0.672 bits per heavy atom. The van der Waals surface area contributed by atoms with Crippen molar-refractivity contribution in [3.8, 4) is 44.5 Å². The zero-order chi connectivity index (χ0) is 45.3. The van der Waals surface area contributed by atoms with E-state index in [0.29, 0.717) is 5.56 Å². The van der Waals surface area contributed by atoms with Gasteiger partial charge in [-0.25, -0.2) is 9.97 Å². The fraction of sp³-hybridized carbons (Fsp3) is 0.207. The van der Waals surface area contributed by atoms with Crippen molar-refractivity contribution < 1.29 is 9.59 Å². The molecule has 0 atom stereocenters. The van der Waals surface area contributed by atoms with Crippen LogP contribution in [0.25, 0.3) is 90.9 Å². The zero-order valence-corrected chi connectivity index (χ0v) is 38.7. The topological polar surface area (TPSA) is 91.5 Å². The lowest BCUT2D eigenvalue weighted by Crippen LogP contribution is -2.16. The summed E-state index contributed by atoms with van der Waals surface area (Å²) < 4.78 is 0. The minimum absolute atomic E-state index is 0.172. The molecule has 64 heavy (non-hydrogen) atoms. The number of ketones is 2. The molecule has 2 aliphatic heterocycles. The lowest BCUT2D eigenvalue weighted by molar-refractivity contribution is -0.126. The highest BCUT2D eigenvalue weighted by atomic mass is 16.1. The average Bonchev–Trinajstić information content (AvgIpc) is 4.05. The van der Waals surface area contributed by atoms with Gasteiger partial charge >= 0.3 is 0 Å². The summed E-state index contributed by atoms with van der Waals surface area (Å²) in [6.07, 6.45) is 8.56. The molecule has 8 bridgehead atoms. The minimum Gasteiger partial charge on any atom is -0.354 e. The smallest absolute Gasteiger partial charge is 0.144 e. The number of H-pyrrole nitrogens is 2. The number of hydrogen-bond acceptors (Lipinski definition) is 4. The molecule has 2 N–H and O–H groups in total. The van der Waals surface area contributed by atoms with E-state index >= 15 is 0 Å². The van der Waals surface area contributed by atoms with Gasteiger partial charge in [-0.3, -0.25) is 9.59 Å². The van der Waals surface area contributed by atoms with E-state index in [0.717, 1.165) is 89.4 Å². The van der Waals surface area contributed by atoms with Gasteiger partial charge in [0.25, 0.3) is 0 Å². The number of aromatic amines is 2. The fourth-order valence-electron chi connectivity index (χ4n) is 10.6. The second kappa shape index (κ2) is 16.2. The standard InChI is InChI=1S/C58H54N4O2/c1-30-24-33(4)51(34(5)25-30)56-45-18-16-43(59-45)55(42-14-12-41(13-15-42)54(39(10)63)40(11)64)44-17-19-46(60-44)57(52-35(6)26-31(2)27-36(52)7)48-21-23-50(62-48)58(49-22-20-47(56)61-49)53-37(8)28-32(3)29-38(53)9/h12-29,54,59,62H,1-11H3. The van der Waals surface area contributed by atoms with Crippen molar-refractivity contribution in [3.63, 3.8) is 0 Å². The molecule has 318 valence electrons. The Hall–Kier alpha value is -7.18. The summed E-state index contributed by atoms with van der Waals surface area (Å²) in [5.74, 6) is -1.15. The van der Waals surface area contributed by atoms with E-state index in [1.165, 1.54) is 63.9 Å². The number of fused-ring (bicyclic) bond motifs is 8. The van der Waals surface area contributed by atoms with Gasteiger partial charge in [-0.2, -0.15) is 0 Å². The summed E-state index contributed by atoms with van der Waals surface area (Å²) in [7, 11) is 0. The van der Waals surface area contributed by atoms with Crippen molar-refractivity contribution in [2.45, 2.75) is 82.1 Å². The first-order valence-electron chi connectivity index (χ1n) is 22.1. The van der Waals surface area contributed by atoms with Crippen molar-refractivity contribution in [1.29, 1.82) is 0 Å². The van der Waals surface area contributed by atoms with Gasteiger partial charge in [-0.15, -0.1) is 0 Å². The van der Waals surface area contributed by atoms with E-state index < -0.39 is 5.92 Å². The SMILES string of the molecule is CC(=O)C(C(C)=O)c1ccc(-c2c3nc(c(-c4c(C)cc(C)cc4C)c4ccc([nH]4)c(-c4c(C)cc(C)cc4C)c4nc(c(-c5c(C)cc(C)cc5C)c5ccc2[nH]5)C=C4)C=C3)cc1. The number of aromatic nitrogens is 4.